The number of rotatable bonds is 1. The van der Waals surface area contributed by atoms with Crippen LogP contribution in [0.5, 0.6) is 0 Å². The van der Waals surface area contributed by atoms with E-state index in [9.17, 15) is 0 Å². The van der Waals surface area contributed by atoms with Crippen molar-refractivity contribution < 1.29 is 25.5 Å². The Morgan fingerprint density at radius 3 is 1.50 bits per heavy atom. The van der Waals surface area contributed by atoms with Gasteiger partial charge in [0.05, 0.1) is 0 Å². The Labute approximate surface area is 55.1 Å². The van der Waals surface area contributed by atoms with E-state index in [1.165, 1.54) is 0 Å². The molecule has 1 nitrogen and oxygen atoms in total. The van der Waals surface area contributed by atoms with Gasteiger partial charge in [0.25, 0.3) is 0 Å². The Balaban J connectivity index is 0. The maximum atomic E-state index is 4.85. The first kappa shape index (κ1) is 9.98. The smallest absolute Gasteiger partial charge is 0.204 e. The molecule has 0 saturated carbocycles. The molecule has 0 atom stereocenters. The molecule has 0 bridgehead atoms. The zero-order chi connectivity index (χ0) is 4.28. The van der Waals surface area contributed by atoms with Gasteiger partial charge in [0, 0.05) is 28.2 Å². The Hall–Kier alpha value is 0.865. The second-order valence-electron chi connectivity index (χ2n) is 1.11. The van der Waals surface area contributed by atoms with Crippen LogP contribution in [-0.4, -0.2) is 16.2 Å². The molecule has 1 radical (unpaired) electrons. The van der Waals surface area contributed by atoms with E-state index in [1.807, 2.05) is 0 Å². The van der Waals surface area contributed by atoms with Crippen LogP contribution in [0.25, 0.3) is 0 Å². The van der Waals surface area contributed by atoms with Crippen LogP contribution < -0.4 is 0 Å². The van der Waals surface area contributed by atoms with Crippen molar-refractivity contribution in [3.63, 3.8) is 0 Å². The van der Waals surface area contributed by atoms with Gasteiger partial charge in [-0.25, -0.2) is 0 Å². The predicted molar refractivity (Wildman–Crippen MR) is 24.5 cm³/mol. The molecular weight excluding hydrogens is 264 g/mol. The van der Waals surface area contributed by atoms with Gasteiger partial charge in [-0.15, -0.1) is 0 Å². The van der Waals surface area contributed by atoms with Crippen molar-refractivity contribution in [2.75, 3.05) is 7.11 Å². The quantitative estimate of drug-likeness (QED) is 0.644. The van der Waals surface area contributed by atoms with Crippen molar-refractivity contribution >= 4 is 9.04 Å². The number of hydrogen-bond donors (Lipinski definition) is 0. The van der Waals surface area contributed by atoms with E-state index in [1.54, 1.807) is 7.11 Å². The summed E-state index contributed by atoms with van der Waals surface area (Å²) in [7, 11) is 1.37. The molecule has 0 N–H and O–H groups in total. The van der Waals surface area contributed by atoms with E-state index in [0.29, 0.717) is 0 Å². The van der Waals surface area contributed by atoms with E-state index in [4.69, 9.17) is 4.43 Å². The zero-order valence-electron chi connectivity index (χ0n) is 4.32. The second-order valence-corrected chi connectivity index (χ2v) is 3.34. The third-order valence-electron chi connectivity index (χ3n) is 0.408. The normalized spacial score (nSPS) is 8.00. The van der Waals surface area contributed by atoms with Crippen molar-refractivity contribution in [3.8, 4) is 0 Å². The molecule has 0 aliphatic heterocycles. The molecule has 0 spiro atoms. The minimum Gasteiger partial charge on any atom is -0.420 e. The number of hydrogen-bond acceptors (Lipinski definition) is 1. The van der Waals surface area contributed by atoms with Crippen LogP contribution in [0.15, 0.2) is 0 Å². The fraction of sp³-hybridized carbons (Fsp3) is 1.00. The largest absolute Gasteiger partial charge is 0.420 e. The van der Waals surface area contributed by atoms with Gasteiger partial charge in [-0.3, -0.25) is 0 Å². The summed E-state index contributed by atoms with van der Waals surface area (Å²) in [6.45, 7) is 4.20. The van der Waals surface area contributed by atoms with Crippen molar-refractivity contribution in [2.45, 2.75) is 13.1 Å². The van der Waals surface area contributed by atoms with Gasteiger partial charge in [-0.1, -0.05) is 0 Å². The van der Waals surface area contributed by atoms with E-state index in [0.717, 1.165) is 0 Å². The summed E-state index contributed by atoms with van der Waals surface area (Å²) in [6, 6.07) is 0. The fourth-order valence-corrected chi connectivity index (χ4v) is 0. The first-order valence-corrected chi connectivity index (χ1v) is 4.02. The average molecular weight is 273 g/mol. The van der Waals surface area contributed by atoms with E-state index in [2.05, 4.69) is 13.1 Å². The maximum absolute atomic E-state index is 4.85. The average Bonchev–Trinajstić information content (AvgIpc) is 1.38. The molecule has 0 rings (SSSR count). The van der Waals surface area contributed by atoms with Crippen LogP contribution in [0.1, 0.15) is 0 Å². The minimum atomic E-state index is -0.374. The molecule has 0 aliphatic rings. The first-order chi connectivity index (χ1) is 2.27. The van der Waals surface area contributed by atoms with Gasteiger partial charge >= 0.3 is 0 Å². The van der Waals surface area contributed by atoms with Crippen LogP contribution in [0.3, 0.4) is 0 Å². The Morgan fingerprint density at radius 1 is 1.33 bits per heavy atom. The predicted octanol–water partition coefficient (Wildman–Crippen LogP) is 0.881. The molecule has 0 aromatic heterocycles. The first-order valence-electron chi connectivity index (χ1n) is 1.61. The van der Waals surface area contributed by atoms with E-state index in [-0.39, 0.29) is 30.1 Å². The van der Waals surface area contributed by atoms with Crippen LogP contribution in [-0.2, 0) is 25.5 Å². The minimum absolute atomic E-state index is 0. The molecular formula is C3H9OSiW. The summed E-state index contributed by atoms with van der Waals surface area (Å²) < 4.78 is 4.85. The van der Waals surface area contributed by atoms with Gasteiger partial charge in [-0.05, 0) is 13.1 Å². The topological polar surface area (TPSA) is 9.23 Å². The van der Waals surface area contributed by atoms with Crippen LogP contribution in [0, 0.1) is 0 Å². The molecule has 0 aromatic carbocycles. The fourth-order valence-electron chi connectivity index (χ4n) is 0. The molecule has 0 heterocycles. The molecule has 0 fully saturated rings. The molecule has 0 unspecified atom stereocenters. The van der Waals surface area contributed by atoms with Gasteiger partial charge in [-0.2, -0.15) is 0 Å². The second kappa shape index (κ2) is 5.87. The molecule has 0 saturated heterocycles. The summed E-state index contributed by atoms with van der Waals surface area (Å²) >= 11 is 0. The van der Waals surface area contributed by atoms with Crippen molar-refractivity contribution in [3.05, 3.63) is 0 Å². The standard InChI is InChI=1S/C3H9OSi.W/c1-4-5(2)3;/h1-3H3;. The van der Waals surface area contributed by atoms with Gasteiger partial charge in [0.15, 0.2) is 0 Å². The summed E-state index contributed by atoms with van der Waals surface area (Å²) in [5.41, 5.74) is 0. The molecule has 37 valence electrons. The third kappa shape index (κ3) is 8.85. The Bertz CT molecular complexity index is 24.8. The van der Waals surface area contributed by atoms with Gasteiger partial charge < -0.3 is 4.43 Å². The molecule has 6 heavy (non-hydrogen) atoms. The summed E-state index contributed by atoms with van der Waals surface area (Å²) in [4.78, 5) is 0. The Kier molecular flexibility index (Phi) is 9.75. The van der Waals surface area contributed by atoms with Crippen molar-refractivity contribution in [1.82, 2.24) is 0 Å². The zero-order valence-corrected chi connectivity index (χ0v) is 8.25. The van der Waals surface area contributed by atoms with Gasteiger partial charge in [0.1, 0.15) is 0 Å². The molecule has 0 aliphatic carbocycles. The SMILES string of the molecule is CO[Si](C)C.[W]. The molecule has 0 aromatic rings. The third-order valence-corrected chi connectivity index (χ3v) is 1.22. The van der Waals surface area contributed by atoms with Crippen LogP contribution >= 0.6 is 0 Å². The monoisotopic (exact) mass is 273 g/mol. The summed E-state index contributed by atoms with van der Waals surface area (Å²) in [5, 5.41) is 0. The summed E-state index contributed by atoms with van der Waals surface area (Å²) in [5.74, 6) is 0. The van der Waals surface area contributed by atoms with Crippen molar-refractivity contribution in [1.29, 1.82) is 0 Å². The van der Waals surface area contributed by atoms with Crippen LogP contribution in [0.2, 0.25) is 13.1 Å². The summed E-state index contributed by atoms with van der Waals surface area (Å²) in [6.07, 6.45) is 0. The van der Waals surface area contributed by atoms with E-state index < -0.39 is 0 Å². The van der Waals surface area contributed by atoms with Crippen molar-refractivity contribution in [2.24, 2.45) is 0 Å². The van der Waals surface area contributed by atoms with Gasteiger partial charge in [0.2, 0.25) is 9.04 Å². The molecule has 3 heteroatoms. The maximum Gasteiger partial charge on any atom is 0.204 e. The van der Waals surface area contributed by atoms with Crippen LogP contribution in [0.4, 0.5) is 0 Å². The van der Waals surface area contributed by atoms with E-state index >= 15 is 0 Å². The Morgan fingerprint density at radius 2 is 1.50 bits per heavy atom. The molecule has 0 amide bonds.